The van der Waals surface area contributed by atoms with Crippen molar-refractivity contribution >= 4 is 11.8 Å². The number of fused-ring (bicyclic) bond motifs is 1. The van der Waals surface area contributed by atoms with Crippen LogP contribution in [0.5, 0.6) is 5.75 Å². The maximum atomic E-state index is 13.3. The second-order valence-electron chi connectivity index (χ2n) is 8.80. The third-order valence-electron chi connectivity index (χ3n) is 6.44. The Bertz CT molecular complexity index is 1350. The van der Waals surface area contributed by atoms with E-state index in [9.17, 15) is 9.59 Å². The van der Waals surface area contributed by atoms with Crippen molar-refractivity contribution in [3.63, 3.8) is 0 Å². The third-order valence-corrected chi connectivity index (χ3v) is 6.44. The first-order valence-corrected chi connectivity index (χ1v) is 12.0. The lowest BCUT2D eigenvalue weighted by Crippen LogP contribution is -2.39. The predicted molar refractivity (Wildman–Crippen MR) is 137 cm³/mol. The van der Waals surface area contributed by atoms with E-state index in [2.05, 4.69) is 10.4 Å². The molecule has 182 valence electrons. The van der Waals surface area contributed by atoms with E-state index in [0.717, 1.165) is 22.4 Å². The van der Waals surface area contributed by atoms with Crippen LogP contribution in [0, 0.1) is 0 Å². The van der Waals surface area contributed by atoms with Gasteiger partial charge in [-0.05, 0) is 23.6 Å². The summed E-state index contributed by atoms with van der Waals surface area (Å²) < 4.78 is 7.06. The summed E-state index contributed by atoms with van der Waals surface area (Å²) in [6, 6.07) is 29.0. The smallest absolute Gasteiger partial charge is 0.272 e. The largest absolute Gasteiger partial charge is 0.496 e. The van der Waals surface area contributed by atoms with Gasteiger partial charge in [0.2, 0.25) is 0 Å². The van der Waals surface area contributed by atoms with Crippen molar-refractivity contribution in [2.75, 3.05) is 13.7 Å². The topological polar surface area (TPSA) is 76.5 Å². The van der Waals surface area contributed by atoms with Gasteiger partial charge >= 0.3 is 0 Å². The van der Waals surface area contributed by atoms with E-state index in [0.29, 0.717) is 31.7 Å². The fourth-order valence-electron chi connectivity index (χ4n) is 4.56. The zero-order chi connectivity index (χ0) is 24.9. The van der Waals surface area contributed by atoms with Crippen LogP contribution in [-0.2, 0) is 19.5 Å². The molecule has 1 unspecified atom stereocenters. The minimum absolute atomic E-state index is 0.150. The summed E-state index contributed by atoms with van der Waals surface area (Å²) in [6.45, 7) is 1.46. The van der Waals surface area contributed by atoms with E-state index in [1.54, 1.807) is 22.8 Å². The summed E-state index contributed by atoms with van der Waals surface area (Å²) in [7, 11) is 1.62. The Morgan fingerprint density at radius 3 is 2.42 bits per heavy atom. The van der Waals surface area contributed by atoms with E-state index in [-0.39, 0.29) is 23.6 Å². The molecule has 5 rings (SSSR count). The monoisotopic (exact) mass is 480 g/mol. The molecule has 4 aromatic rings. The first kappa shape index (κ1) is 23.4. The summed E-state index contributed by atoms with van der Waals surface area (Å²) >= 11 is 0. The Morgan fingerprint density at radius 1 is 0.972 bits per heavy atom. The molecule has 0 radical (unpaired) electrons. The molecule has 1 aliphatic rings. The number of benzene rings is 3. The van der Waals surface area contributed by atoms with E-state index in [1.807, 2.05) is 84.9 Å². The standard InChI is InChI=1S/C29H28N4O3/c1-36-27-15-9-8-14-23(27)20-32-16-17-33-26(29(32)35)19-25(31-33)28(34)30-24(22-12-6-3-7-13-22)18-21-10-4-2-5-11-21/h2-15,19,24H,16-18,20H2,1H3,(H,30,34). The summed E-state index contributed by atoms with van der Waals surface area (Å²) in [5, 5.41) is 7.59. The number of amides is 2. The highest BCUT2D eigenvalue weighted by molar-refractivity contribution is 5.98. The van der Waals surface area contributed by atoms with Crippen LogP contribution < -0.4 is 10.1 Å². The van der Waals surface area contributed by atoms with Gasteiger partial charge in [-0.3, -0.25) is 14.3 Å². The van der Waals surface area contributed by atoms with Crippen LogP contribution in [0.3, 0.4) is 0 Å². The number of hydrogen-bond acceptors (Lipinski definition) is 4. The fraction of sp³-hybridized carbons (Fsp3) is 0.207. The van der Waals surface area contributed by atoms with Crippen LogP contribution in [0.25, 0.3) is 0 Å². The Morgan fingerprint density at radius 2 is 1.67 bits per heavy atom. The normalized spacial score (nSPS) is 13.7. The highest BCUT2D eigenvalue weighted by atomic mass is 16.5. The van der Waals surface area contributed by atoms with E-state index in [4.69, 9.17) is 4.74 Å². The van der Waals surface area contributed by atoms with Crippen LogP contribution in [-0.4, -0.2) is 40.1 Å². The zero-order valence-electron chi connectivity index (χ0n) is 20.1. The lowest BCUT2D eigenvalue weighted by atomic mass is 9.98. The number of carbonyl (C=O) groups excluding carboxylic acids is 2. The number of nitrogens with zero attached hydrogens (tertiary/aromatic N) is 3. The molecule has 0 fully saturated rings. The maximum Gasteiger partial charge on any atom is 0.272 e. The average molecular weight is 481 g/mol. The van der Waals surface area contributed by atoms with Crippen molar-refractivity contribution in [3.8, 4) is 5.75 Å². The molecule has 0 bridgehead atoms. The average Bonchev–Trinajstić information content (AvgIpc) is 3.37. The second kappa shape index (κ2) is 10.5. The molecule has 1 aromatic heterocycles. The van der Waals surface area contributed by atoms with E-state index >= 15 is 0 Å². The summed E-state index contributed by atoms with van der Waals surface area (Å²) in [5.74, 6) is 0.295. The lowest BCUT2D eigenvalue weighted by Gasteiger charge is -2.28. The zero-order valence-corrected chi connectivity index (χ0v) is 20.1. The van der Waals surface area contributed by atoms with Gasteiger partial charge in [-0.25, -0.2) is 0 Å². The number of para-hydroxylation sites is 1. The van der Waals surface area contributed by atoms with Crippen molar-refractivity contribution in [2.45, 2.75) is 25.6 Å². The Balaban J connectivity index is 1.33. The van der Waals surface area contributed by atoms with E-state index in [1.165, 1.54) is 0 Å². The molecule has 0 aliphatic carbocycles. The number of ether oxygens (including phenoxy) is 1. The van der Waals surface area contributed by atoms with Gasteiger partial charge in [-0.2, -0.15) is 5.10 Å². The van der Waals surface area contributed by atoms with Crippen LogP contribution in [0.15, 0.2) is 91.0 Å². The molecule has 7 heteroatoms. The molecule has 2 heterocycles. The summed E-state index contributed by atoms with van der Waals surface area (Å²) in [6.07, 6.45) is 0.649. The summed E-state index contributed by atoms with van der Waals surface area (Å²) in [5.41, 5.74) is 3.73. The van der Waals surface area contributed by atoms with Gasteiger partial charge in [-0.15, -0.1) is 0 Å². The maximum absolute atomic E-state index is 13.3. The quantitative estimate of drug-likeness (QED) is 0.409. The molecular formula is C29H28N4O3. The molecule has 0 saturated carbocycles. The van der Waals surface area contributed by atoms with Crippen LogP contribution in [0.2, 0.25) is 0 Å². The molecule has 2 amide bonds. The van der Waals surface area contributed by atoms with Gasteiger partial charge < -0.3 is 15.0 Å². The number of carbonyl (C=O) groups is 2. The molecule has 1 N–H and O–H groups in total. The number of aromatic nitrogens is 2. The SMILES string of the molecule is COc1ccccc1CN1CCn2nc(C(=O)NC(Cc3ccccc3)c3ccccc3)cc2C1=O. The van der Waals surface area contributed by atoms with Crippen molar-refractivity contribution in [2.24, 2.45) is 0 Å². The first-order chi connectivity index (χ1) is 17.6. The molecule has 7 nitrogen and oxygen atoms in total. The third kappa shape index (κ3) is 5.00. The minimum Gasteiger partial charge on any atom is -0.496 e. The highest BCUT2D eigenvalue weighted by Gasteiger charge is 2.29. The minimum atomic E-state index is -0.300. The number of nitrogens with one attached hydrogen (secondary N) is 1. The van der Waals surface area contributed by atoms with Gasteiger partial charge in [0.25, 0.3) is 11.8 Å². The Hall–Kier alpha value is -4.39. The van der Waals surface area contributed by atoms with Crippen LogP contribution in [0.1, 0.15) is 43.7 Å². The lowest BCUT2D eigenvalue weighted by molar-refractivity contribution is 0.0681. The fourth-order valence-corrected chi connectivity index (χ4v) is 4.56. The number of rotatable bonds is 8. The van der Waals surface area contributed by atoms with Gasteiger partial charge in [0.15, 0.2) is 5.69 Å². The van der Waals surface area contributed by atoms with Crippen LogP contribution >= 0.6 is 0 Å². The molecule has 1 aliphatic heterocycles. The number of hydrogen-bond donors (Lipinski definition) is 1. The molecule has 0 spiro atoms. The first-order valence-electron chi connectivity index (χ1n) is 12.0. The van der Waals surface area contributed by atoms with Crippen molar-refractivity contribution in [1.82, 2.24) is 20.0 Å². The molecule has 36 heavy (non-hydrogen) atoms. The van der Waals surface area contributed by atoms with E-state index < -0.39 is 0 Å². The van der Waals surface area contributed by atoms with Gasteiger partial charge in [-0.1, -0.05) is 78.9 Å². The molecule has 3 aromatic carbocycles. The van der Waals surface area contributed by atoms with Crippen molar-refractivity contribution < 1.29 is 14.3 Å². The van der Waals surface area contributed by atoms with Gasteiger partial charge in [0, 0.05) is 24.7 Å². The van der Waals surface area contributed by atoms with Gasteiger partial charge in [0.05, 0.1) is 19.7 Å². The highest BCUT2D eigenvalue weighted by Crippen LogP contribution is 2.23. The Kier molecular flexibility index (Phi) is 6.80. The number of methoxy groups -OCH3 is 1. The predicted octanol–water partition coefficient (Wildman–Crippen LogP) is 4.26. The molecular weight excluding hydrogens is 452 g/mol. The summed E-state index contributed by atoms with van der Waals surface area (Å²) in [4.78, 5) is 28.3. The Labute approximate surface area is 210 Å². The van der Waals surface area contributed by atoms with Crippen LogP contribution in [0.4, 0.5) is 0 Å². The van der Waals surface area contributed by atoms with Crippen molar-refractivity contribution in [3.05, 3.63) is 119 Å². The second-order valence-corrected chi connectivity index (χ2v) is 8.80. The van der Waals surface area contributed by atoms with Crippen molar-refractivity contribution in [1.29, 1.82) is 0 Å². The van der Waals surface area contributed by atoms with Gasteiger partial charge in [0.1, 0.15) is 11.4 Å². The molecule has 1 atom stereocenters. The molecule has 0 saturated heterocycles.